The summed E-state index contributed by atoms with van der Waals surface area (Å²) in [6, 6.07) is 0. The number of nitrogens with two attached hydrogens (primary N) is 1. The Kier molecular flexibility index (Phi) is 2.74. The van der Waals surface area contributed by atoms with Crippen LogP contribution >= 0.6 is 0 Å². The summed E-state index contributed by atoms with van der Waals surface area (Å²) in [7, 11) is 1.23. The van der Waals surface area contributed by atoms with Gasteiger partial charge in [-0.05, 0) is 0 Å². The Morgan fingerprint density at radius 3 is 2.77 bits per heavy atom. The predicted octanol–water partition coefficient (Wildman–Crippen LogP) is -1.35. The summed E-state index contributed by atoms with van der Waals surface area (Å²) in [6.07, 6.45) is -2.22. The molecule has 0 bridgehead atoms. The van der Waals surface area contributed by atoms with Crippen LogP contribution in [0.5, 0.6) is 0 Å². The van der Waals surface area contributed by atoms with Crippen molar-refractivity contribution in [2.45, 2.75) is 12.2 Å². The summed E-state index contributed by atoms with van der Waals surface area (Å²) in [4.78, 5) is 10.9. The van der Waals surface area contributed by atoms with Crippen LogP contribution in [0, 0.1) is 0 Å². The van der Waals surface area contributed by atoms with E-state index < -0.39 is 23.9 Å². The van der Waals surface area contributed by atoms with E-state index in [-0.39, 0.29) is 12.3 Å². The summed E-state index contributed by atoms with van der Waals surface area (Å²) >= 11 is 0. The first-order valence-electron chi connectivity index (χ1n) is 3.68. The number of esters is 1. The zero-order chi connectivity index (χ0) is 10.0. The van der Waals surface area contributed by atoms with Crippen LogP contribution in [0.4, 0.5) is 0 Å². The molecule has 0 saturated heterocycles. The fourth-order valence-electron chi connectivity index (χ4n) is 1.03. The second-order valence-electron chi connectivity index (χ2n) is 2.55. The Bertz CT molecular complexity index is 249. The van der Waals surface area contributed by atoms with E-state index in [0.717, 1.165) is 0 Å². The van der Waals surface area contributed by atoms with Crippen LogP contribution in [0.1, 0.15) is 0 Å². The molecule has 1 unspecified atom stereocenters. The van der Waals surface area contributed by atoms with Gasteiger partial charge in [-0.2, -0.15) is 0 Å². The van der Waals surface area contributed by atoms with Crippen molar-refractivity contribution in [3.8, 4) is 0 Å². The second kappa shape index (κ2) is 3.63. The molecule has 2 atom stereocenters. The number of methoxy groups -OCH3 is 1. The number of hydrogen-bond donors (Lipinski definition) is 3. The van der Waals surface area contributed by atoms with E-state index in [1.807, 2.05) is 0 Å². The smallest absolute Gasteiger partial charge is 0.378 e. The number of rotatable bonds is 3. The molecular weight excluding hydrogens is 178 g/mol. The molecule has 0 aromatic carbocycles. The maximum Gasteiger partial charge on any atom is 0.378 e. The first kappa shape index (κ1) is 9.82. The van der Waals surface area contributed by atoms with Gasteiger partial charge in [0.1, 0.15) is 6.10 Å². The minimum atomic E-state index is -1.11. The van der Waals surface area contributed by atoms with Gasteiger partial charge in [-0.3, -0.25) is 0 Å². The molecule has 0 spiro atoms. The number of carbonyl (C=O) groups excluding carboxylic acids is 1. The van der Waals surface area contributed by atoms with Gasteiger partial charge in [0.2, 0.25) is 5.76 Å². The van der Waals surface area contributed by atoms with Gasteiger partial charge in [0.15, 0.2) is 11.9 Å². The highest BCUT2D eigenvalue weighted by Crippen LogP contribution is 2.22. The fourth-order valence-corrected chi connectivity index (χ4v) is 1.03. The SMILES string of the molecule is COC1=C(O)C([C@@H](O)CN)OC1=O. The molecule has 6 nitrogen and oxygen atoms in total. The van der Waals surface area contributed by atoms with E-state index in [2.05, 4.69) is 9.47 Å². The van der Waals surface area contributed by atoms with Crippen molar-refractivity contribution in [3.05, 3.63) is 11.5 Å². The highest BCUT2D eigenvalue weighted by molar-refractivity contribution is 5.89. The quantitative estimate of drug-likeness (QED) is 0.474. The Morgan fingerprint density at radius 2 is 2.38 bits per heavy atom. The standard InChI is InChI=1S/C7H11NO5/c1-12-6-4(10)5(3(9)2-8)13-7(6)11/h3,5,9-10H,2,8H2,1H3/t3-,5?/m0/s1. The molecule has 1 aliphatic heterocycles. The lowest BCUT2D eigenvalue weighted by Gasteiger charge is -2.14. The molecule has 1 heterocycles. The molecule has 0 amide bonds. The number of cyclic esters (lactones) is 1. The average molecular weight is 189 g/mol. The molecular formula is C7H11NO5. The van der Waals surface area contributed by atoms with Crippen LogP contribution in [0.15, 0.2) is 11.5 Å². The summed E-state index contributed by atoms with van der Waals surface area (Å²) in [5.41, 5.74) is 5.13. The summed E-state index contributed by atoms with van der Waals surface area (Å²) < 4.78 is 9.18. The molecule has 4 N–H and O–H groups in total. The second-order valence-corrected chi connectivity index (χ2v) is 2.55. The lowest BCUT2D eigenvalue weighted by molar-refractivity contribution is -0.146. The minimum Gasteiger partial charge on any atom is -0.505 e. The number of hydrogen-bond acceptors (Lipinski definition) is 6. The molecule has 1 rings (SSSR count). The summed E-state index contributed by atoms with van der Waals surface area (Å²) in [5, 5.41) is 18.5. The van der Waals surface area contributed by atoms with Gasteiger partial charge in [-0.1, -0.05) is 0 Å². The zero-order valence-electron chi connectivity index (χ0n) is 7.06. The lowest BCUT2D eigenvalue weighted by atomic mass is 10.2. The molecule has 0 radical (unpaired) electrons. The third-order valence-corrected chi connectivity index (χ3v) is 1.72. The van der Waals surface area contributed by atoms with Crippen molar-refractivity contribution in [2.75, 3.05) is 13.7 Å². The molecule has 6 heteroatoms. The van der Waals surface area contributed by atoms with Crippen LogP contribution in [0.25, 0.3) is 0 Å². The van der Waals surface area contributed by atoms with Gasteiger partial charge in [0.05, 0.1) is 7.11 Å². The highest BCUT2D eigenvalue weighted by atomic mass is 16.6. The van der Waals surface area contributed by atoms with Crippen LogP contribution in [0.2, 0.25) is 0 Å². The normalized spacial score (nSPS) is 24.5. The van der Waals surface area contributed by atoms with Gasteiger partial charge < -0.3 is 25.4 Å². The number of aliphatic hydroxyl groups excluding tert-OH is 2. The minimum absolute atomic E-state index is 0.112. The Balaban J connectivity index is 2.84. The molecule has 0 aliphatic carbocycles. The topological polar surface area (TPSA) is 102 Å². The molecule has 0 saturated carbocycles. The van der Waals surface area contributed by atoms with Gasteiger partial charge >= 0.3 is 5.97 Å². The number of ether oxygens (including phenoxy) is 2. The van der Waals surface area contributed by atoms with Crippen molar-refractivity contribution in [2.24, 2.45) is 5.73 Å². The van der Waals surface area contributed by atoms with E-state index in [0.29, 0.717) is 0 Å². The first-order valence-corrected chi connectivity index (χ1v) is 3.68. The number of aliphatic hydroxyl groups is 2. The van der Waals surface area contributed by atoms with Crippen molar-refractivity contribution in [3.63, 3.8) is 0 Å². The van der Waals surface area contributed by atoms with Crippen molar-refractivity contribution >= 4 is 5.97 Å². The fraction of sp³-hybridized carbons (Fsp3) is 0.571. The molecule has 1 aliphatic rings. The number of carbonyl (C=O) groups is 1. The summed E-state index contributed by atoms with van der Waals surface area (Å²) in [6.45, 7) is -0.112. The van der Waals surface area contributed by atoms with E-state index in [1.165, 1.54) is 7.11 Å². The Hall–Kier alpha value is -1.27. The Labute approximate surface area is 74.6 Å². The summed E-state index contributed by atoms with van der Waals surface area (Å²) in [5.74, 6) is -1.49. The van der Waals surface area contributed by atoms with Crippen molar-refractivity contribution < 1.29 is 24.5 Å². The zero-order valence-corrected chi connectivity index (χ0v) is 7.06. The Morgan fingerprint density at radius 1 is 1.77 bits per heavy atom. The largest absolute Gasteiger partial charge is 0.505 e. The maximum atomic E-state index is 10.9. The molecule has 0 fully saturated rings. The van der Waals surface area contributed by atoms with Crippen LogP contribution in [-0.2, 0) is 14.3 Å². The van der Waals surface area contributed by atoms with Crippen LogP contribution in [0.3, 0.4) is 0 Å². The van der Waals surface area contributed by atoms with E-state index in [9.17, 15) is 15.0 Å². The van der Waals surface area contributed by atoms with Gasteiger partial charge in [0.25, 0.3) is 0 Å². The lowest BCUT2D eigenvalue weighted by Crippen LogP contribution is -2.35. The first-order chi connectivity index (χ1) is 6.11. The molecule has 74 valence electrons. The van der Waals surface area contributed by atoms with E-state index >= 15 is 0 Å². The molecule has 0 aromatic heterocycles. The van der Waals surface area contributed by atoms with Crippen molar-refractivity contribution in [1.82, 2.24) is 0 Å². The average Bonchev–Trinajstić information content (AvgIpc) is 2.40. The third-order valence-electron chi connectivity index (χ3n) is 1.72. The molecule has 13 heavy (non-hydrogen) atoms. The van der Waals surface area contributed by atoms with Gasteiger partial charge in [0, 0.05) is 6.54 Å². The predicted molar refractivity (Wildman–Crippen MR) is 41.6 cm³/mol. The maximum absolute atomic E-state index is 10.9. The third kappa shape index (κ3) is 1.58. The van der Waals surface area contributed by atoms with E-state index in [1.54, 1.807) is 0 Å². The monoisotopic (exact) mass is 189 g/mol. The van der Waals surface area contributed by atoms with Crippen LogP contribution in [-0.4, -0.2) is 42.0 Å². The highest BCUT2D eigenvalue weighted by Gasteiger charge is 2.39. The van der Waals surface area contributed by atoms with Gasteiger partial charge in [-0.15, -0.1) is 0 Å². The van der Waals surface area contributed by atoms with Gasteiger partial charge in [-0.25, -0.2) is 4.79 Å². The van der Waals surface area contributed by atoms with Crippen LogP contribution < -0.4 is 5.73 Å². The molecule has 0 aromatic rings. The van der Waals surface area contributed by atoms with E-state index in [4.69, 9.17) is 5.73 Å². The van der Waals surface area contributed by atoms with Crippen molar-refractivity contribution in [1.29, 1.82) is 0 Å².